The fraction of sp³-hybridized carbons (Fsp3) is 0.433. The molecule has 2 heterocycles. The molecule has 0 radical (unpaired) electrons. The van der Waals surface area contributed by atoms with E-state index in [4.69, 9.17) is 10.5 Å². The lowest BCUT2D eigenvalue weighted by Crippen LogP contribution is -2.52. The topological polar surface area (TPSA) is 131 Å². The number of aromatic nitrogens is 2. The smallest absolute Gasteiger partial charge is 0.280 e. The van der Waals surface area contributed by atoms with Gasteiger partial charge in [0.25, 0.3) is 5.56 Å². The summed E-state index contributed by atoms with van der Waals surface area (Å²) in [6.45, 7) is 2.12. The number of halogens is 2. The Morgan fingerprint density at radius 2 is 1.85 bits per heavy atom. The lowest BCUT2D eigenvalue weighted by molar-refractivity contribution is -0.145. The number of phenols is 1. The zero-order valence-corrected chi connectivity index (χ0v) is 22.8. The van der Waals surface area contributed by atoms with Gasteiger partial charge in [0.15, 0.2) is 5.69 Å². The molecule has 0 unspecified atom stereocenters. The van der Waals surface area contributed by atoms with E-state index in [-0.39, 0.29) is 80.7 Å². The van der Waals surface area contributed by atoms with Gasteiger partial charge in [0.05, 0.1) is 12.1 Å². The van der Waals surface area contributed by atoms with Crippen LogP contribution in [0.2, 0.25) is 0 Å². The molecular weight excluding hydrogens is 534 g/mol. The van der Waals surface area contributed by atoms with E-state index in [2.05, 4.69) is 4.98 Å². The molecule has 9 nitrogen and oxygen atoms in total. The summed E-state index contributed by atoms with van der Waals surface area (Å²) in [6, 6.07) is 13.6. The van der Waals surface area contributed by atoms with Crippen molar-refractivity contribution in [1.82, 2.24) is 14.5 Å². The minimum atomic E-state index is -2.81. The van der Waals surface area contributed by atoms with Gasteiger partial charge in [0.1, 0.15) is 17.8 Å². The first-order valence-corrected chi connectivity index (χ1v) is 13.7. The summed E-state index contributed by atoms with van der Waals surface area (Å²) in [6.07, 6.45) is 1.04. The number of nitrogens with zero attached hydrogens (tertiary/aromatic N) is 3. The van der Waals surface area contributed by atoms with Crippen molar-refractivity contribution in [2.45, 2.75) is 63.0 Å². The minimum absolute atomic E-state index is 0.0264. The lowest BCUT2D eigenvalue weighted by Gasteiger charge is -2.42. The van der Waals surface area contributed by atoms with Gasteiger partial charge in [-0.15, -0.1) is 0 Å². The third kappa shape index (κ3) is 6.19. The molecule has 1 aliphatic heterocycles. The molecular formula is C30H34F2N4O5. The molecule has 218 valence electrons. The van der Waals surface area contributed by atoms with Crippen molar-refractivity contribution in [3.8, 4) is 17.4 Å². The number of amides is 1. The maximum atomic E-state index is 14.3. The number of rotatable bonds is 6. The molecule has 3 aromatic rings. The second kappa shape index (κ2) is 11.1. The summed E-state index contributed by atoms with van der Waals surface area (Å²) in [5.41, 5.74) is 5.26. The van der Waals surface area contributed by atoms with Crippen LogP contribution in [0.1, 0.15) is 49.1 Å². The average Bonchev–Trinajstić information content (AvgIpc) is 2.95. The molecule has 0 spiro atoms. The van der Waals surface area contributed by atoms with E-state index in [0.717, 1.165) is 5.56 Å². The number of phenolic OH excluding ortho intramolecular Hbond substituents is 1. The number of carbonyl (C=O) groups excluding carboxylic acids is 1. The Morgan fingerprint density at radius 3 is 2.54 bits per heavy atom. The van der Waals surface area contributed by atoms with Crippen molar-refractivity contribution in [3.63, 3.8) is 0 Å². The van der Waals surface area contributed by atoms with Crippen molar-refractivity contribution >= 4 is 11.6 Å². The number of aryl methyl sites for hydroxylation is 1. The standard InChI is InChI=1S/C30H34F2N4O5/c1-19-7-8-21(15-24(19)37)41-26-25(33)28(39)36(18-34-26)17-29(40)11-13-35(14-12-29)27(38)22-9-10-30(31,32)16-23(22)20-5-3-2-4-6-20/h2-8,15,18,22-23,37,40H,9-14,16-17,33H2,1H3/t22-,23+/m1/s1. The molecule has 2 aromatic carbocycles. The monoisotopic (exact) mass is 568 g/mol. The summed E-state index contributed by atoms with van der Waals surface area (Å²) in [5, 5.41) is 21.2. The second-order valence-electron chi connectivity index (χ2n) is 11.2. The number of aliphatic hydroxyl groups is 1. The zero-order chi connectivity index (χ0) is 29.4. The van der Waals surface area contributed by atoms with Crippen LogP contribution in [-0.4, -0.2) is 55.2 Å². The van der Waals surface area contributed by atoms with Crippen LogP contribution in [0.25, 0.3) is 0 Å². The molecule has 2 atom stereocenters. The molecule has 1 aliphatic carbocycles. The Morgan fingerprint density at radius 1 is 1.15 bits per heavy atom. The highest BCUT2D eigenvalue weighted by Gasteiger charge is 2.46. The maximum Gasteiger partial charge on any atom is 0.280 e. The number of piperidine rings is 1. The molecule has 0 bridgehead atoms. The third-order valence-corrected chi connectivity index (χ3v) is 8.27. The molecule has 11 heteroatoms. The van der Waals surface area contributed by atoms with E-state index >= 15 is 0 Å². The number of benzene rings is 2. The van der Waals surface area contributed by atoms with Gasteiger partial charge in [-0.1, -0.05) is 36.4 Å². The Bertz CT molecular complexity index is 1470. The normalized spacial score (nSPS) is 21.8. The molecule has 4 N–H and O–H groups in total. The Hall–Kier alpha value is -3.99. The van der Waals surface area contributed by atoms with Gasteiger partial charge < -0.3 is 25.6 Å². The molecule has 1 amide bonds. The van der Waals surface area contributed by atoms with Crippen LogP contribution < -0.4 is 16.0 Å². The molecule has 2 aliphatic rings. The van der Waals surface area contributed by atoms with Crippen LogP contribution in [0.15, 0.2) is 59.7 Å². The summed E-state index contributed by atoms with van der Waals surface area (Å²) >= 11 is 0. The SMILES string of the molecule is Cc1ccc(Oc2ncn(CC3(O)CCN(C(=O)[C@@H]4CCC(F)(F)C[C@H]4c4ccccc4)CC3)c(=O)c2N)cc1O. The molecule has 41 heavy (non-hydrogen) atoms. The summed E-state index contributed by atoms with van der Waals surface area (Å²) in [4.78, 5) is 32.3. The number of carbonyl (C=O) groups is 1. The molecule has 1 saturated carbocycles. The van der Waals surface area contributed by atoms with Crippen LogP contribution in [0.5, 0.6) is 17.4 Å². The molecule has 2 fully saturated rings. The first-order chi connectivity index (χ1) is 19.4. The molecule has 1 saturated heterocycles. The highest BCUT2D eigenvalue weighted by atomic mass is 19.3. The van der Waals surface area contributed by atoms with Crippen molar-refractivity contribution in [1.29, 1.82) is 0 Å². The van der Waals surface area contributed by atoms with Crippen molar-refractivity contribution in [2.75, 3.05) is 18.8 Å². The highest BCUT2D eigenvalue weighted by Crippen LogP contribution is 2.46. The number of ether oxygens (including phenoxy) is 1. The number of likely N-dealkylation sites (tertiary alicyclic amines) is 1. The van der Waals surface area contributed by atoms with Gasteiger partial charge in [-0.3, -0.25) is 14.2 Å². The number of nitrogens with two attached hydrogens (primary N) is 1. The number of anilines is 1. The predicted molar refractivity (Wildman–Crippen MR) is 148 cm³/mol. The lowest BCUT2D eigenvalue weighted by atomic mass is 9.73. The van der Waals surface area contributed by atoms with E-state index in [1.807, 2.05) is 6.07 Å². The zero-order valence-electron chi connectivity index (χ0n) is 22.8. The average molecular weight is 569 g/mol. The second-order valence-corrected chi connectivity index (χ2v) is 11.2. The first kappa shape index (κ1) is 28.5. The van der Waals surface area contributed by atoms with Gasteiger partial charge in [0, 0.05) is 43.8 Å². The number of alkyl halides is 2. The fourth-order valence-corrected chi connectivity index (χ4v) is 5.78. The molecule has 1 aromatic heterocycles. The van der Waals surface area contributed by atoms with E-state index < -0.39 is 28.9 Å². The predicted octanol–water partition coefficient (Wildman–Crippen LogP) is 4.20. The van der Waals surface area contributed by atoms with E-state index in [1.165, 1.54) is 17.0 Å². The Labute approximate surface area is 236 Å². The van der Waals surface area contributed by atoms with Gasteiger partial charge in [-0.2, -0.15) is 0 Å². The van der Waals surface area contributed by atoms with Crippen LogP contribution in [0, 0.1) is 12.8 Å². The van der Waals surface area contributed by atoms with Crippen molar-refractivity contribution < 1.29 is 28.5 Å². The van der Waals surface area contributed by atoms with Crippen LogP contribution in [0.4, 0.5) is 14.5 Å². The van der Waals surface area contributed by atoms with E-state index in [1.54, 1.807) is 48.2 Å². The summed E-state index contributed by atoms with van der Waals surface area (Å²) in [7, 11) is 0. The highest BCUT2D eigenvalue weighted by molar-refractivity contribution is 5.80. The van der Waals surface area contributed by atoms with Crippen molar-refractivity contribution in [2.24, 2.45) is 5.92 Å². The van der Waals surface area contributed by atoms with Crippen LogP contribution in [0.3, 0.4) is 0 Å². The third-order valence-electron chi connectivity index (χ3n) is 8.27. The number of hydrogen-bond donors (Lipinski definition) is 3. The van der Waals surface area contributed by atoms with Gasteiger partial charge in [0.2, 0.25) is 17.7 Å². The number of nitrogen functional groups attached to an aromatic ring is 1. The van der Waals surface area contributed by atoms with Gasteiger partial charge >= 0.3 is 0 Å². The van der Waals surface area contributed by atoms with Crippen LogP contribution >= 0.6 is 0 Å². The van der Waals surface area contributed by atoms with Gasteiger partial charge in [-0.05, 0) is 43.4 Å². The fourth-order valence-electron chi connectivity index (χ4n) is 5.78. The summed E-state index contributed by atoms with van der Waals surface area (Å²) < 4.78 is 35.5. The van der Waals surface area contributed by atoms with Crippen molar-refractivity contribution in [3.05, 3.63) is 76.3 Å². The number of hydrogen-bond acceptors (Lipinski definition) is 7. The minimum Gasteiger partial charge on any atom is -0.508 e. The largest absolute Gasteiger partial charge is 0.508 e. The molecule has 5 rings (SSSR count). The Balaban J connectivity index is 1.24. The maximum absolute atomic E-state index is 14.3. The van der Waals surface area contributed by atoms with Crippen LogP contribution in [-0.2, 0) is 11.3 Å². The van der Waals surface area contributed by atoms with E-state index in [0.29, 0.717) is 5.56 Å². The Kier molecular flexibility index (Phi) is 7.74. The first-order valence-electron chi connectivity index (χ1n) is 13.7. The quantitative estimate of drug-likeness (QED) is 0.406. The number of aromatic hydroxyl groups is 1. The van der Waals surface area contributed by atoms with E-state index in [9.17, 15) is 28.6 Å². The van der Waals surface area contributed by atoms with Gasteiger partial charge in [-0.25, -0.2) is 13.8 Å². The summed E-state index contributed by atoms with van der Waals surface area (Å²) in [5.74, 6) is -3.96.